The lowest BCUT2D eigenvalue weighted by atomic mass is 10.0. The third-order valence-electron chi connectivity index (χ3n) is 2.52. The van der Waals surface area contributed by atoms with Gasteiger partial charge in [-0.05, 0) is 12.5 Å². The topological polar surface area (TPSA) is 94.0 Å². The summed E-state index contributed by atoms with van der Waals surface area (Å²) in [7, 11) is -1.94. The Morgan fingerprint density at radius 3 is 2.11 bits per heavy atom. The van der Waals surface area contributed by atoms with E-state index in [0.717, 1.165) is 5.56 Å². The maximum atomic E-state index is 9.76. The molecular weight excluding hydrogens is 254 g/mol. The van der Waals surface area contributed by atoms with Crippen LogP contribution in [0.3, 0.4) is 0 Å². The van der Waals surface area contributed by atoms with E-state index >= 15 is 0 Å². The van der Waals surface area contributed by atoms with Crippen LogP contribution in [-0.2, 0) is 10.1 Å². The van der Waals surface area contributed by atoms with E-state index in [-0.39, 0.29) is 17.9 Å². The van der Waals surface area contributed by atoms with Gasteiger partial charge in [-0.2, -0.15) is 0 Å². The van der Waals surface area contributed by atoms with E-state index in [2.05, 4.69) is 0 Å². The molecule has 6 heteroatoms. The predicted molar refractivity (Wildman–Crippen MR) is 69.0 cm³/mol. The molecule has 2 atom stereocenters. The predicted octanol–water partition coefficient (Wildman–Crippen LogP) is -0.147. The number of likely N-dealkylation sites (N-methyl/N-ethyl adjacent to an activating group) is 1. The maximum absolute atomic E-state index is 9.76. The Morgan fingerprint density at radius 2 is 1.78 bits per heavy atom. The summed E-state index contributed by atoms with van der Waals surface area (Å²) < 4.78 is 28.3. The lowest BCUT2D eigenvalue weighted by Gasteiger charge is -2.15. The SMILES string of the molecule is CCS(=O)(=O)[O-].C[NH2+][C@H](C)[C@@H](O)c1ccccc1. The number of nitrogens with two attached hydrogens (primary N) is 1. The largest absolute Gasteiger partial charge is 0.748 e. The van der Waals surface area contributed by atoms with Gasteiger partial charge >= 0.3 is 0 Å². The van der Waals surface area contributed by atoms with Crippen LogP contribution < -0.4 is 5.32 Å². The van der Waals surface area contributed by atoms with Crippen molar-refractivity contribution < 1.29 is 23.4 Å². The summed E-state index contributed by atoms with van der Waals surface area (Å²) in [5, 5.41) is 11.8. The Bertz CT molecular complexity index is 419. The van der Waals surface area contributed by atoms with Gasteiger partial charge in [-0.15, -0.1) is 0 Å². The Hall–Kier alpha value is -0.950. The van der Waals surface area contributed by atoms with Crippen LogP contribution in [0.25, 0.3) is 0 Å². The molecule has 0 aliphatic heterocycles. The maximum Gasteiger partial charge on any atom is 0.130 e. The van der Waals surface area contributed by atoms with Crippen molar-refractivity contribution in [1.82, 2.24) is 0 Å². The molecule has 5 nitrogen and oxygen atoms in total. The third-order valence-corrected chi connectivity index (χ3v) is 3.23. The van der Waals surface area contributed by atoms with Gasteiger partial charge in [0.05, 0.1) is 17.2 Å². The van der Waals surface area contributed by atoms with Gasteiger partial charge in [0.1, 0.15) is 12.1 Å². The van der Waals surface area contributed by atoms with E-state index in [1.54, 1.807) is 0 Å². The highest BCUT2D eigenvalue weighted by atomic mass is 32.2. The molecule has 1 aromatic rings. The molecule has 0 aliphatic rings. The molecule has 0 saturated heterocycles. The summed E-state index contributed by atoms with van der Waals surface area (Å²) in [5.41, 5.74) is 0.989. The molecule has 0 heterocycles. The number of rotatable bonds is 4. The molecule has 3 N–H and O–H groups in total. The number of hydrogen-bond donors (Lipinski definition) is 2. The van der Waals surface area contributed by atoms with Crippen molar-refractivity contribution in [3.63, 3.8) is 0 Å². The minimum atomic E-state index is -3.91. The summed E-state index contributed by atoms with van der Waals surface area (Å²) in [6, 6.07) is 9.96. The smallest absolute Gasteiger partial charge is 0.130 e. The number of hydrogen-bond acceptors (Lipinski definition) is 4. The van der Waals surface area contributed by atoms with E-state index in [1.807, 2.05) is 49.6 Å². The minimum Gasteiger partial charge on any atom is -0.748 e. The van der Waals surface area contributed by atoms with Gasteiger partial charge in [0.15, 0.2) is 0 Å². The zero-order valence-corrected chi connectivity index (χ0v) is 11.7. The van der Waals surface area contributed by atoms with Gasteiger partial charge in [-0.1, -0.05) is 37.3 Å². The Labute approximate surface area is 109 Å². The quantitative estimate of drug-likeness (QED) is 0.747. The van der Waals surface area contributed by atoms with Crippen molar-refractivity contribution in [3.8, 4) is 0 Å². The van der Waals surface area contributed by atoms with E-state index in [9.17, 15) is 18.1 Å². The molecule has 18 heavy (non-hydrogen) atoms. The van der Waals surface area contributed by atoms with Crippen LogP contribution in [0, 0.1) is 0 Å². The highest BCUT2D eigenvalue weighted by Crippen LogP contribution is 2.13. The lowest BCUT2D eigenvalue weighted by molar-refractivity contribution is -0.669. The number of aliphatic hydroxyl groups excluding tert-OH is 1. The Balaban J connectivity index is 0.000000411. The fourth-order valence-electron chi connectivity index (χ4n) is 1.14. The molecule has 0 unspecified atom stereocenters. The van der Waals surface area contributed by atoms with E-state index in [0.29, 0.717) is 0 Å². The molecule has 0 saturated carbocycles. The van der Waals surface area contributed by atoms with Crippen molar-refractivity contribution >= 4 is 10.1 Å². The van der Waals surface area contributed by atoms with E-state index < -0.39 is 10.1 Å². The Kier molecular flexibility index (Phi) is 7.77. The molecule has 0 fully saturated rings. The first-order valence-electron chi connectivity index (χ1n) is 5.77. The zero-order chi connectivity index (χ0) is 14.2. The van der Waals surface area contributed by atoms with Crippen LogP contribution in [0.5, 0.6) is 0 Å². The monoisotopic (exact) mass is 275 g/mol. The van der Waals surface area contributed by atoms with Crippen LogP contribution in [0.15, 0.2) is 30.3 Å². The average molecular weight is 275 g/mol. The van der Waals surface area contributed by atoms with Crippen LogP contribution >= 0.6 is 0 Å². The van der Waals surface area contributed by atoms with Crippen LogP contribution in [-0.4, -0.2) is 36.9 Å². The molecule has 0 aliphatic carbocycles. The number of aliphatic hydroxyl groups is 1. The van der Waals surface area contributed by atoms with Crippen molar-refractivity contribution in [2.75, 3.05) is 12.8 Å². The van der Waals surface area contributed by atoms with Gasteiger partial charge in [0.25, 0.3) is 0 Å². The third kappa shape index (κ3) is 7.39. The molecule has 104 valence electrons. The molecular formula is C12H21NO4S. The van der Waals surface area contributed by atoms with E-state index in [1.165, 1.54) is 6.92 Å². The standard InChI is InChI=1S/C10H15NO.C2H6O3S/c1-8(11-2)10(12)9-6-4-3-5-7-9;1-2-6(3,4)5/h3-8,10-12H,1-2H3;2H2,1H3,(H,3,4,5)/t8-,10-;/m1./s1. The molecule has 0 bridgehead atoms. The number of benzene rings is 1. The van der Waals surface area contributed by atoms with Crippen molar-refractivity contribution in [2.24, 2.45) is 0 Å². The van der Waals surface area contributed by atoms with Crippen LogP contribution in [0.4, 0.5) is 0 Å². The summed E-state index contributed by atoms with van der Waals surface area (Å²) >= 11 is 0. The highest BCUT2D eigenvalue weighted by Gasteiger charge is 2.16. The molecule has 1 rings (SSSR count). The van der Waals surface area contributed by atoms with Gasteiger partial charge in [-0.3, -0.25) is 0 Å². The van der Waals surface area contributed by atoms with Gasteiger partial charge in [0, 0.05) is 5.75 Å². The molecule has 0 aromatic heterocycles. The Morgan fingerprint density at radius 1 is 1.33 bits per heavy atom. The first kappa shape index (κ1) is 17.1. The van der Waals surface area contributed by atoms with Crippen molar-refractivity contribution in [3.05, 3.63) is 35.9 Å². The number of quaternary nitrogens is 1. The molecule has 1 aromatic carbocycles. The second-order valence-electron chi connectivity index (χ2n) is 3.89. The molecule has 0 radical (unpaired) electrons. The summed E-state index contributed by atoms with van der Waals surface area (Å²) in [6.45, 7) is 3.32. The van der Waals surface area contributed by atoms with Crippen LogP contribution in [0.2, 0.25) is 0 Å². The van der Waals surface area contributed by atoms with Crippen molar-refractivity contribution in [1.29, 1.82) is 0 Å². The average Bonchev–Trinajstić information content (AvgIpc) is 2.38. The van der Waals surface area contributed by atoms with Gasteiger partial charge in [0.2, 0.25) is 0 Å². The highest BCUT2D eigenvalue weighted by molar-refractivity contribution is 7.85. The minimum absolute atomic E-state index is 0.215. The summed E-state index contributed by atoms with van der Waals surface area (Å²) in [4.78, 5) is 0. The van der Waals surface area contributed by atoms with E-state index in [4.69, 9.17) is 0 Å². The fraction of sp³-hybridized carbons (Fsp3) is 0.500. The molecule has 0 spiro atoms. The first-order valence-corrected chi connectivity index (χ1v) is 7.35. The second kappa shape index (κ2) is 8.20. The van der Waals surface area contributed by atoms with Crippen molar-refractivity contribution in [2.45, 2.75) is 26.0 Å². The normalized spacial score (nSPS) is 14.3. The summed E-state index contributed by atoms with van der Waals surface area (Å²) in [5.74, 6) is -0.312. The van der Waals surface area contributed by atoms with Gasteiger partial charge < -0.3 is 15.0 Å². The zero-order valence-electron chi connectivity index (χ0n) is 10.9. The molecule has 0 amide bonds. The first-order chi connectivity index (χ1) is 8.31. The fourth-order valence-corrected chi connectivity index (χ4v) is 1.14. The summed E-state index contributed by atoms with van der Waals surface area (Å²) in [6.07, 6.45) is -0.365. The van der Waals surface area contributed by atoms with Gasteiger partial charge in [-0.25, -0.2) is 8.42 Å². The lowest BCUT2D eigenvalue weighted by Crippen LogP contribution is -2.86. The second-order valence-corrected chi connectivity index (χ2v) is 5.59. The van der Waals surface area contributed by atoms with Crippen LogP contribution in [0.1, 0.15) is 25.5 Å².